The number of amides is 1. The van der Waals surface area contributed by atoms with Gasteiger partial charge in [0, 0.05) is 23.0 Å². The average Bonchev–Trinajstić information content (AvgIpc) is 3.06. The molecule has 0 aliphatic heterocycles. The van der Waals surface area contributed by atoms with Gasteiger partial charge in [-0.1, -0.05) is 48.5 Å². The molecular weight excluding hydrogens is 410 g/mol. The third kappa shape index (κ3) is 4.54. The first kappa shape index (κ1) is 20.9. The molecule has 7 nitrogen and oxygen atoms in total. The number of nitrogens with zero attached hydrogens (tertiary/aromatic N) is 4. The van der Waals surface area contributed by atoms with Gasteiger partial charge in [-0.2, -0.15) is 0 Å². The summed E-state index contributed by atoms with van der Waals surface area (Å²) in [6.45, 7) is 5.97. The van der Waals surface area contributed by atoms with E-state index in [1.807, 2.05) is 50.2 Å². The topological polar surface area (TPSA) is 81.3 Å². The molecule has 4 aromatic rings. The summed E-state index contributed by atoms with van der Waals surface area (Å²) in [6, 6.07) is 13.8. The van der Waals surface area contributed by atoms with Crippen LogP contribution in [0.25, 0.3) is 5.65 Å². The van der Waals surface area contributed by atoms with E-state index in [9.17, 15) is 9.59 Å². The standard InChI is InChI=1S/C23H23N5O2S/c1-4-17-6-5-7-18(13-17)25-20(29)14-28-23(30)27-11-10-24-22(21(27)26-28)31-19-9-8-15(2)12-16(19)3/h5-13H,4,14H2,1-3H3,(H,25,29). The second-order valence-corrected chi connectivity index (χ2v) is 8.37. The zero-order valence-corrected chi connectivity index (χ0v) is 18.4. The summed E-state index contributed by atoms with van der Waals surface area (Å²) in [5, 5.41) is 7.84. The number of nitrogens with one attached hydrogen (secondary N) is 1. The monoisotopic (exact) mass is 433 g/mol. The van der Waals surface area contributed by atoms with Gasteiger partial charge in [-0.05, 0) is 49.6 Å². The second kappa shape index (κ2) is 8.77. The third-order valence-corrected chi connectivity index (χ3v) is 6.08. The Morgan fingerprint density at radius 1 is 1.16 bits per heavy atom. The normalized spacial score (nSPS) is 11.1. The minimum atomic E-state index is -0.377. The summed E-state index contributed by atoms with van der Waals surface area (Å²) in [7, 11) is 0. The number of carbonyl (C=O) groups excluding carboxylic acids is 1. The zero-order valence-electron chi connectivity index (χ0n) is 17.6. The van der Waals surface area contributed by atoms with Crippen LogP contribution in [0, 0.1) is 13.8 Å². The van der Waals surface area contributed by atoms with Gasteiger partial charge < -0.3 is 5.32 Å². The first-order chi connectivity index (χ1) is 14.9. The van der Waals surface area contributed by atoms with Gasteiger partial charge in [-0.25, -0.2) is 18.9 Å². The van der Waals surface area contributed by atoms with Gasteiger partial charge in [-0.15, -0.1) is 5.10 Å². The van der Waals surface area contributed by atoms with Crippen molar-refractivity contribution in [3.05, 3.63) is 82.0 Å². The van der Waals surface area contributed by atoms with Gasteiger partial charge in [0.2, 0.25) is 5.91 Å². The lowest BCUT2D eigenvalue weighted by atomic mass is 10.1. The SMILES string of the molecule is CCc1cccc(NC(=O)Cn2nc3c(Sc4ccc(C)cc4C)nccn3c2=O)c1. The zero-order chi connectivity index (χ0) is 22.0. The Labute approximate surface area is 184 Å². The minimum Gasteiger partial charge on any atom is -0.324 e. The summed E-state index contributed by atoms with van der Waals surface area (Å²) in [4.78, 5) is 30.8. The number of carbonyl (C=O) groups is 1. The highest BCUT2D eigenvalue weighted by Gasteiger charge is 2.16. The Morgan fingerprint density at radius 3 is 2.77 bits per heavy atom. The summed E-state index contributed by atoms with van der Waals surface area (Å²) in [5.74, 6) is -0.310. The molecular formula is C23H23N5O2S. The van der Waals surface area contributed by atoms with Crippen LogP contribution < -0.4 is 11.0 Å². The lowest BCUT2D eigenvalue weighted by Gasteiger charge is -2.06. The average molecular weight is 434 g/mol. The molecule has 0 saturated carbocycles. The Morgan fingerprint density at radius 2 is 2.00 bits per heavy atom. The predicted octanol–water partition coefficient (Wildman–Crippen LogP) is 3.86. The Kier molecular flexibility index (Phi) is 5.90. The lowest BCUT2D eigenvalue weighted by molar-refractivity contribution is -0.117. The molecule has 0 saturated heterocycles. The molecule has 0 aliphatic carbocycles. The summed E-state index contributed by atoms with van der Waals surface area (Å²) in [5.41, 5.74) is 4.19. The quantitative estimate of drug-likeness (QED) is 0.499. The minimum absolute atomic E-state index is 0.176. The first-order valence-electron chi connectivity index (χ1n) is 10.0. The van der Waals surface area contributed by atoms with Crippen LogP contribution in [0.2, 0.25) is 0 Å². The number of hydrogen-bond donors (Lipinski definition) is 1. The molecule has 158 valence electrons. The van der Waals surface area contributed by atoms with Crippen molar-refractivity contribution in [1.82, 2.24) is 19.2 Å². The lowest BCUT2D eigenvalue weighted by Crippen LogP contribution is -2.28. The highest BCUT2D eigenvalue weighted by molar-refractivity contribution is 7.99. The molecule has 0 fully saturated rings. The molecule has 0 spiro atoms. The van der Waals surface area contributed by atoms with Gasteiger partial charge in [0.1, 0.15) is 11.6 Å². The van der Waals surface area contributed by atoms with Gasteiger partial charge in [0.25, 0.3) is 0 Å². The number of fused-ring (bicyclic) bond motifs is 1. The molecule has 2 heterocycles. The molecule has 8 heteroatoms. The molecule has 1 N–H and O–H groups in total. The molecule has 1 amide bonds. The molecule has 0 atom stereocenters. The number of hydrogen-bond acceptors (Lipinski definition) is 5. The van der Waals surface area contributed by atoms with Crippen LogP contribution in [0.15, 0.2) is 69.6 Å². The van der Waals surface area contributed by atoms with Crippen molar-refractivity contribution < 1.29 is 4.79 Å². The molecule has 0 aliphatic rings. The highest BCUT2D eigenvalue weighted by atomic mass is 32.2. The molecule has 0 bridgehead atoms. The van der Waals surface area contributed by atoms with E-state index in [0.29, 0.717) is 16.4 Å². The second-order valence-electron chi connectivity index (χ2n) is 7.34. The predicted molar refractivity (Wildman–Crippen MR) is 122 cm³/mol. The van der Waals surface area contributed by atoms with Gasteiger partial charge in [0.15, 0.2) is 5.65 Å². The van der Waals surface area contributed by atoms with Crippen LogP contribution in [-0.4, -0.2) is 25.1 Å². The maximum atomic E-state index is 12.8. The van der Waals surface area contributed by atoms with E-state index in [1.54, 1.807) is 12.4 Å². The van der Waals surface area contributed by atoms with Gasteiger partial charge in [0.05, 0.1) is 0 Å². The third-order valence-electron chi connectivity index (χ3n) is 4.92. The summed E-state index contributed by atoms with van der Waals surface area (Å²) < 4.78 is 2.59. The fraction of sp³-hybridized carbons (Fsp3) is 0.217. The van der Waals surface area contributed by atoms with Crippen molar-refractivity contribution in [1.29, 1.82) is 0 Å². The number of aromatic nitrogens is 4. The van der Waals surface area contributed by atoms with Gasteiger partial charge >= 0.3 is 5.69 Å². The maximum Gasteiger partial charge on any atom is 0.350 e. The number of aryl methyl sites for hydroxylation is 3. The molecule has 0 radical (unpaired) electrons. The Balaban J connectivity index is 1.59. The number of benzene rings is 2. The van der Waals surface area contributed by atoms with Crippen LogP contribution in [0.5, 0.6) is 0 Å². The molecule has 4 rings (SSSR count). The summed E-state index contributed by atoms with van der Waals surface area (Å²) in [6.07, 6.45) is 4.02. The first-order valence-corrected chi connectivity index (χ1v) is 10.8. The summed E-state index contributed by atoms with van der Waals surface area (Å²) >= 11 is 1.45. The smallest absolute Gasteiger partial charge is 0.324 e. The van der Waals surface area contributed by atoms with Crippen molar-refractivity contribution in [3.63, 3.8) is 0 Å². The van der Waals surface area contributed by atoms with Crippen molar-refractivity contribution in [2.75, 3.05) is 5.32 Å². The van der Waals surface area contributed by atoms with Crippen LogP contribution in [0.1, 0.15) is 23.6 Å². The van der Waals surface area contributed by atoms with E-state index in [0.717, 1.165) is 22.4 Å². The largest absolute Gasteiger partial charge is 0.350 e. The fourth-order valence-electron chi connectivity index (χ4n) is 3.32. The van der Waals surface area contributed by atoms with Crippen molar-refractivity contribution in [2.45, 2.75) is 43.7 Å². The van der Waals surface area contributed by atoms with Crippen molar-refractivity contribution in [2.24, 2.45) is 0 Å². The number of rotatable bonds is 6. The van der Waals surface area contributed by atoms with Crippen LogP contribution in [-0.2, 0) is 17.8 Å². The molecule has 31 heavy (non-hydrogen) atoms. The molecule has 0 unspecified atom stereocenters. The highest BCUT2D eigenvalue weighted by Crippen LogP contribution is 2.31. The van der Waals surface area contributed by atoms with Crippen molar-refractivity contribution in [3.8, 4) is 0 Å². The van der Waals surface area contributed by atoms with E-state index in [-0.39, 0.29) is 18.1 Å². The van der Waals surface area contributed by atoms with E-state index in [2.05, 4.69) is 28.4 Å². The Bertz CT molecular complexity index is 1330. The van der Waals surface area contributed by atoms with E-state index < -0.39 is 0 Å². The molecule has 2 aromatic heterocycles. The van der Waals surface area contributed by atoms with Crippen molar-refractivity contribution >= 4 is 29.0 Å². The van der Waals surface area contributed by atoms with Crippen LogP contribution in [0.4, 0.5) is 5.69 Å². The van der Waals surface area contributed by atoms with Gasteiger partial charge in [-0.3, -0.25) is 4.79 Å². The Hall–Kier alpha value is -3.39. The van der Waals surface area contributed by atoms with Crippen LogP contribution in [0.3, 0.4) is 0 Å². The number of anilines is 1. The maximum absolute atomic E-state index is 12.8. The van der Waals surface area contributed by atoms with E-state index in [1.165, 1.54) is 26.4 Å². The fourth-order valence-corrected chi connectivity index (χ4v) is 4.23. The van der Waals surface area contributed by atoms with E-state index >= 15 is 0 Å². The van der Waals surface area contributed by atoms with Crippen LogP contribution >= 0.6 is 11.8 Å². The molecule has 2 aromatic carbocycles. The van der Waals surface area contributed by atoms with E-state index in [4.69, 9.17) is 0 Å².